The number of benzene rings is 1. The Kier molecular flexibility index (Phi) is 6.64. The first kappa shape index (κ1) is 25.9. The molecular formula is C30H37N5O4. The van der Waals surface area contributed by atoms with E-state index < -0.39 is 5.60 Å². The summed E-state index contributed by atoms with van der Waals surface area (Å²) in [6.45, 7) is 12.4. The van der Waals surface area contributed by atoms with Crippen molar-refractivity contribution in [2.45, 2.75) is 70.1 Å². The van der Waals surface area contributed by atoms with Gasteiger partial charge in [0.25, 0.3) is 0 Å². The van der Waals surface area contributed by atoms with Crippen molar-refractivity contribution < 1.29 is 19.0 Å². The second kappa shape index (κ2) is 10.00. The highest BCUT2D eigenvalue weighted by molar-refractivity contribution is 5.74. The third-order valence-corrected chi connectivity index (χ3v) is 8.28. The van der Waals surface area contributed by atoms with Crippen molar-refractivity contribution in [1.82, 2.24) is 14.8 Å². The molecule has 0 saturated carbocycles. The molecule has 0 unspecified atom stereocenters. The van der Waals surface area contributed by atoms with E-state index in [1.165, 1.54) is 5.56 Å². The molecule has 0 bridgehead atoms. The second-order valence-electron chi connectivity index (χ2n) is 12.2. The van der Waals surface area contributed by atoms with Crippen molar-refractivity contribution in [2.24, 2.45) is 0 Å². The summed E-state index contributed by atoms with van der Waals surface area (Å²) in [5, 5.41) is 13.6. The lowest BCUT2D eigenvalue weighted by atomic mass is 9.87. The number of likely N-dealkylation sites (tertiary alicyclic amines) is 2. The molecule has 1 aromatic carbocycles. The fourth-order valence-electron chi connectivity index (χ4n) is 6.12. The van der Waals surface area contributed by atoms with E-state index >= 15 is 0 Å². The molecule has 1 N–H and O–H groups in total. The number of nitriles is 1. The van der Waals surface area contributed by atoms with Crippen molar-refractivity contribution in [3.8, 4) is 11.8 Å². The fraction of sp³-hybridized carbons (Fsp3) is 0.567. The largest absolute Gasteiger partial charge is 0.482 e. The van der Waals surface area contributed by atoms with E-state index in [-0.39, 0.29) is 12.2 Å². The van der Waals surface area contributed by atoms with Crippen LogP contribution in [0.2, 0.25) is 0 Å². The molecule has 4 aliphatic rings. The highest BCUT2D eigenvalue weighted by Crippen LogP contribution is 2.45. The standard InChI is InChI=1S/C30H37N5O4/c1-18-26-24(19-6-9-37-10-7-19)5-8-32-28(26)33-25-12-20(11-21(13-31)27(25)38-18)22-14-34(15-22)23-16-35(17-23)29(36)39-30(2,3)4/h5,8,11-12,18-19,22-23H,6-7,9-10,14-17H2,1-4H3,(H,32,33)/t18-/m1/s1. The zero-order valence-corrected chi connectivity index (χ0v) is 23.2. The van der Waals surface area contributed by atoms with Crippen molar-refractivity contribution in [3.63, 3.8) is 0 Å². The van der Waals surface area contributed by atoms with Crippen molar-refractivity contribution in [1.29, 1.82) is 5.26 Å². The van der Waals surface area contributed by atoms with E-state index in [4.69, 9.17) is 14.2 Å². The first-order valence-electron chi connectivity index (χ1n) is 14.0. The highest BCUT2D eigenvalue weighted by Gasteiger charge is 2.42. The predicted molar refractivity (Wildman–Crippen MR) is 146 cm³/mol. The van der Waals surface area contributed by atoms with Crippen molar-refractivity contribution in [3.05, 3.63) is 46.6 Å². The minimum absolute atomic E-state index is 0.232. The number of fused-ring (bicyclic) bond motifs is 2. The molecule has 39 heavy (non-hydrogen) atoms. The third kappa shape index (κ3) is 5.04. The monoisotopic (exact) mass is 531 g/mol. The maximum Gasteiger partial charge on any atom is 0.410 e. The SMILES string of the molecule is C[C@H]1Oc2c(C#N)cc(C3CN(C4CN(C(=O)OC(C)(C)C)C4)C3)cc2Nc2nccc(C3CCOCC3)c21. The molecule has 3 saturated heterocycles. The van der Waals surface area contributed by atoms with Crippen LogP contribution in [0.5, 0.6) is 5.75 Å². The van der Waals surface area contributed by atoms with Gasteiger partial charge in [-0.25, -0.2) is 9.78 Å². The average Bonchev–Trinajstić information content (AvgIpc) is 2.99. The number of amides is 1. The second-order valence-corrected chi connectivity index (χ2v) is 12.2. The molecule has 1 amide bonds. The van der Waals surface area contributed by atoms with E-state index in [2.05, 4.69) is 33.4 Å². The molecular weight excluding hydrogens is 494 g/mol. The Hall–Kier alpha value is -3.35. The molecule has 6 rings (SSSR count). The number of nitrogens with one attached hydrogen (secondary N) is 1. The number of carbonyl (C=O) groups is 1. The van der Waals surface area contributed by atoms with Crippen molar-refractivity contribution >= 4 is 17.6 Å². The minimum atomic E-state index is -0.480. The van der Waals surface area contributed by atoms with Crippen LogP contribution in [0.4, 0.5) is 16.3 Å². The van der Waals surface area contributed by atoms with Gasteiger partial charge >= 0.3 is 6.09 Å². The average molecular weight is 532 g/mol. The Balaban J connectivity index is 1.17. The number of carbonyl (C=O) groups excluding carboxylic acids is 1. The molecule has 1 aromatic heterocycles. The maximum atomic E-state index is 12.3. The molecule has 5 heterocycles. The van der Waals surface area contributed by atoms with Crippen LogP contribution in [0.1, 0.15) is 80.7 Å². The Morgan fingerprint density at radius 3 is 2.59 bits per heavy atom. The molecule has 206 valence electrons. The van der Waals surface area contributed by atoms with Crippen LogP contribution in [-0.2, 0) is 9.47 Å². The zero-order chi connectivity index (χ0) is 27.3. The number of nitrogens with zero attached hydrogens (tertiary/aromatic N) is 4. The molecule has 0 radical (unpaired) electrons. The van der Waals surface area contributed by atoms with Crippen LogP contribution >= 0.6 is 0 Å². The van der Waals surface area contributed by atoms with Crippen molar-refractivity contribution in [2.75, 3.05) is 44.7 Å². The van der Waals surface area contributed by atoms with Crippen LogP contribution in [0, 0.1) is 11.3 Å². The van der Waals surface area contributed by atoms with Crippen LogP contribution in [0.15, 0.2) is 24.4 Å². The van der Waals surface area contributed by atoms with Gasteiger partial charge in [0.2, 0.25) is 0 Å². The van der Waals surface area contributed by atoms with Gasteiger partial charge in [0.05, 0.1) is 11.3 Å². The van der Waals surface area contributed by atoms with E-state index in [9.17, 15) is 10.1 Å². The smallest absolute Gasteiger partial charge is 0.410 e. The minimum Gasteiger partial charge on any atom is -0.482 e. The van der Waals surface area contributed by atoms with Crippen LogP contribution < -0.4 is 10.1 Å². The van der Waals surface area contributed by atoms with Crippen LogP contribution in [0.3, 0.4) is 0 Å². The number of aromatic nitrogens is 1. The molecule has 9 nitrogen and oxygen atoms in total. The van der Waals surface area contributed by atoms with Gasteiger partial charge < -0.3 is 24.4 Å². The Morgan fingerprint density at radius 2 is 1.90 bits per heavy atom. The summed E-state index contributed by atoms with van der Waals surface area (Å²) in [6.07, 6.45) is 3.36. The summed E-state index contributed by atoms with van der Waals surface area (Å²) in [7, 11) is 0. The first-order valence-corrected chi connectivity index (χ1v) is 14.0. The molecule has 4 aliphatic heterocycles. The molecule has 0 aliphatic carbocycles. The van der Waals surface area contributed by atoms with Crippen LogP contribution in [0.25, 0.3) is 0 Å². The fourth-order valence-corrected chi connectivity index (χ4v) is 6.12. The molecule has 9 heteroatoms. The predicted octanol–water partition coefficient (Wildman–Crippen LogP) is 5.06. The highest BCUT2D eigenvalue weighted by atomic mass is 16.6. The number of anilines is 2. The summed E-state index contributed by atoms with van der Waals surface area (Å²) in [6, 6.07) is 8.93. The number of hydrogen-bond acceptors (Lipinski definition) is 8. The lowest BCUT2D eigenvalue weighted by molar-refractivity contribution is -0.0338. The van der Waals surface area contributed by atoms with Gasteiger partial charge in [-0.15, -0.1) is 0 Å². The lowest BCUT2D eigenvalue weighted by Gasteiger charge is -2.51. The third-order valence-electron chi connectivity index (χ3n) is 8.28. The number of rotatable bonds is 3. The van der Waals surface area contributed by atoms with E-state index in [0.29, 0.717) is 42.3 Å². The van der Waals surface area contributed by atoms with E-state index in [0.717, 1.165) is 61.8 Å². The van der Waals surface area contributed by atoms with Gasteiger partial charge in [0, 0.05) is 63.1 Å². The number of hydrogen-bond donors (Lipinski definition) is 1. The summed E-state index contributed by atoms with van der Waals surface area (Å²) in [5.41, 5.74) is 4.31. The van der Waals surface area contributed by atoms with Gasteiger partial charge in [0.15, 0.2) is 5.75 Å². The summed E-state index contributed by atoms with van der Waals surface area (Å²) >= 11 is 0. The topological polar surface area (TPSA) is 100.0 Å². The molecule has 0 spiro atoms. The summed E-state index contributed by atoms with van der Waals surface area (Å²) in [5.74, 6) is 2.13. The first-order chi connectivity index (χ1) is 18.7. The molecule has 2 aromatic rings. The van der Waals surface area contributed by atoms with Gasteiger partial charge in [-0.3, -0.25) is 4.90 Å². The number of pyridine rings is 1. The van der Waals surface area contributed by atoms with Gasteiger partial charge in [0.1, 0.15) is 23.6 Å². The van der Waals surface area contributed by atoms with Crippen LogP contribution in [-0.4, -0.2) is 71.9 Å². The van der Waals surface area contributed by atoms with E-state index in [1.807, 2.05) is 40.0 Å². The normalized spacial score (nSPS) is 22.2. The zero-order valence-electron chi connectivity index (χ0n) is 23.2. The number of ether oxygens (including phenoxy) is 3. The maximum absolute atomic E-state index is 12.3. The van der Waals surface area contributed by atoms with Gasteiger partial charge in [-0.2, -0.15) is 5.26 Å². The summed E-state index contributed by atoms with van der Waals surface area (Å²) in [4.78, 5) is 21.1. The lowest BCUT2D eigenvalue weighted by Crippen LogP contribution is -2.66. The van der Waals surface area contributed by atoms with Gasteiger partial charge in [-0.1, -0.05) is 0 Å². The Morgan fingerprint density at radius 1 is 1.15 bits per heavy atom. The molecule has 3 fully saturated rings. The summed E-state index contributed by atoms with van der Waals surface area (Å²) < 4.78 is 17.5. The quantitative estimate of drug-likeness (QED) is 0.587. The molecule has 1 atom stereocenters. The van der Waals surface area contributed by atoms with Gasteiger partial charge in [-0.05, 0) is 75.8 Å². The Bertz CT molecular complexity index is 1300. The van der Waals surface area contributed by atoms with E-state index in [1.54, 1.807) is 4.90 Å². The Labute approximate surface area is 230 Å².